The molecule has 1 saturated heterocycles. The van der Waals surface area contributed by atoms with Gasteiger partial charge in [-0.2, -0.15) is 8.75 Å². The van der Waals surface area contributed by atoms with E-state index in [0.717, 1.165) is 28.3 Å². The summed E-state index contributed by atoms with van der Waals surface area (Å²) in [6.45, 7) is 3.78. The van der Waals surface area contributed by atoms with Crippen LogP contribution in [0.25, 0.3) is 11.0 Å². The summed E-state index contributed by atoms with van der Waals surface area (Å²) in [5, 5.41) is 0. The first-order chi connectivity index (χ1) is 11.7. The third-order valence-corrected chi connectivity index (χ3v) is 4.86. The average Bonchev–Trinajstić information content (AvgIpc) is 3.09. The summed E-state index contributed by atoms with van der Waals surface area (Å²) in [7, 11) is 0. The molecular formula is C18H17N3O2S. The number of hydrogen-bond donors (Lipinski definition) is 0. The Kier molecular flexibility index (Phi) is 4.00. The van der Waals surface area contributed by atoms with E-state index in [1.165, 1.54) is 5.56 Å². The molecule has 1 unspecified atom stereocenters. The predicted molar refractivity (Wildman–Crippen MR) is 93.2 cm³/mol. The van der Waals surface area contributed by atoms with Gasteiger partial charge < -0.3 is 9.64 Å². The largest absolute Gasteiger partial charge is 0.370 e. The second-order valence-electron chi connectivity index (χ2n) is 5.99. The lowest BCUT2D eigenvalue weighted by Crippen LogP contribution is -2.42. The standard InChI is InChI=1S/C18H17N3O2S/c1-12-2-4-13(5-3-12)17-11-21(8-9-23-17)18(22)14-6-7-15-16(10-14)20-24-19-15/h2-7,10,17H,8-9,11H2,1H3. The molecule has 0 bridgehead atoms. The molecule has 0 radical (unpaired) electrons. The molecule has 122 valence electrons. The zero-order valence-electron chi connectivity index (χ0n) is 13.3. The van der Waals surface area contributed by atoms with Crippen molar-refractivity contribution in [1.82, 2.24) is 13.6 Å². The van der Waals surface area contributed by atoms with E-state index in [-0.39, 0.29) is 12.0 Å². The highest BCUT2D eigenvalue weighted by atomic mass is 32.1. The number of fused-ring (bicyclic) bond motifs is 1. The molecule has 0 saturated carbocycles. The highest BCUT2D eigenvalue weighted by Gasteiger charge is 2.26. The van der Waals surface area contributed by atoms with Gasteiger partial charge in [-0.05, 0) is 30.7 Å². The van der Waals surface area contributed by atoms with Crippen LogP contribution in [0, 0.1) is 6.92 Å². The van der Waals surface area contributed by atoms with Gasteiger partial charge in [0, 0.05) is 12.1 Å². The molecule has 1 atom stereocenters. The third kappa shape index (κ3) is 2.90. The summed E-state index contributed by atoms with van der Waals surface area (Å²) < 4.78 is 14.3. The van der Waals surface area contributed by atoms with Crippen LogP contribution in [-0.4, -0.2) is 39.3 Å². The zero-order valence-corrected chi connectivity index (χ0v) is 14.1. The van der Waals surface area contributed by atoms with Crippen molar-refractivity contribution in [3.05, 3.63) is 59.2 Å². The average molecular weight is 339 g/mol. The van der Waals surface area contributed by atoms with E-state index in [0.29, 0.717) is 25.3 Å². The van der Waals surface area contributed by atoms with Crippen molar-refractivity contribution in [2.75, 3.05) is 19.7 Å². The first-order valence-electron chi connectivity index (χ1n) is 7.90. The zero-order chi connectivity index (χ0) is 16.5. The molecule has 1 aromatic heterocycles. The Hall–Kier alpha value is -2.31. The fraction of sp³-hybridized carbons (Fsp3) is 0.278. The molecule has 2 aromatic carbocycles. The Morgan fingerprint density at radius 2 is 1.96 bits per heavy atom. The number of benzene rings is 2. The van der Waals surface area contributed by atoms with Crippen LogP contribution in [0.1, 0.15) is 27.6 Å². The number of amides is 1. The van der Waals surface area contributed by atoms with E-state index < -0.39 is 0 Å². The van der Waals surface area contributed by atoms with Gasteiger partial charge in [0.25, 0.3) is 5.91 Å². The summed E-state index contributed by atoms with van der Waals surface area (Å²) in [5.41, 5.74) is 4.58. The molecule has 1 amide bonds. The molecule has 4 rings (SSSR count). The van der Waals surface area contributed by atoms with E-state index in [9.17, 15) is 4.79 Å². The highest BCUT2D eigenvalue weighted by Crippen LogP contribution is 2.24. The summed E-state index contributed by atoms with van der Waals surface area (Å²) in [4.78, 5) is 14.7. The summed E-state index contributed by atoms with van der Waals surface area (Å²) >= 11 is 1.16. The Balaban J connectivity index is 1.54. The number of carbonyl (C=O) groups is 1. The maximum absolute atomic E-state index is 12.8. The van der Waals surface area contributed by atoms with Gasteiger partial charge in [0.15, 0.2) is 0 Å². The second kappa shape index (κ2) is 6.30. The normalized spacial score (nSPS) is 18.0. The third-order valence-electron chi connectivity index (χ3n) is 4.30. The van der Waals surface area contributed by atoms with E-state index in [1.807, 2.05) is 23.1 Å². The van der Waals surface area contributed by atoms with Gasteiger partial charge >= 0.3 is 0 Å². The van der Waals surface area contributed by atoms with Crippen LogP contribution < -0.4 is 0 Å². The number of nitrogens with zero attached hydrogens (tertiary/aromatic N) is 3. The van der Waals surface area contributed by atoms with Gasteiger partial charge in [-0.3, -0.25) is 4.79 Å². The molecule has 3 aromatic rings. The van der Waals surface area contributed by atoms with Crippen LogP contribution in [0.4, 0.5) is 0 Å². The van der Waals surface area contributed by atoms with Gasteiger partial charge in [-0.15, -0.1) is 0 Å². The SMILES string of the molecule is Cc1ccc(C2CN(C(=O)c3ccc4nsnc4c3)CCO2)cc1. The number of ether oxygens (including phenoxy) is 1. The minimum absolute atomic E-state index is 0.0188. The number of rotatable bonds is 2. The maximum Gasteiger partial charge on any atom is 0.254 e. The molecule has 0 spiro atoms. The fourth-order valence-corrected chi connectivity index (χ4v) is 3.43. The number of aromatic nitrogens is 2. The number of hydrogen-bond acceptors (Lipinski definition) is 5. The molecule has 2 heterocycles. The fourth-order valence-electron chi connectivity index (χ4n) is 2.91. The van der Waals surface area contributed by atoms with Crippen molar-refractivity contribution in [3.8, 4) is 0 Å². The Bertz CT molecular complexity index is 875. The van der Waals surface area contributed by atoms with Crippen molar-refractivity contribution >= 4 is 28.7 Å². The topological polar surface area (TPSA) is 55.3 Å². The van der Waals surface area contributed by atoms with E-state index in [2.05, 4.69) is 39.9 Å². The van der Waals surface area contributed by atoms with E-state index in [4.69, 9.17) is 4.74 Å². The van der Waals surface area contributed by atoms with Gasteiger partial charge in [0.2, 0.25) is 0 Å². The van der Waals surface area contributed by atoms with Crippen LogP contribution in [0.2, 0.25) is 0 Å². The summed E-state index contributed by atoms with van der Waals surface area (Å²) in [6.07, 6.45) is -0.0760. The van der Waals surface area contributed by atoms with Crippen LogP contribution in [0.15, 0.2) is 42.5 Å². The van der Waals surface area contributed by atoms with Gasteiger partial charge in [0.1, 0.15) is 17.1 Å². The van der Waals surface area contributed by atoms with Gasteiger partial charge in [0.05, 0.1) is 24.9 Å². The van der Waals surface area contributed by atoms with Crippen LogP contribution in [0.5, 0.6) is 0 Å². The number of aryl methyl sites for hydroxylation is 1. The highest BCUT2D eigenvalue weighted by molar-refractivity contribution is 7.00. The Labute approximate surface area is 144 Å². The van der Waals surface area contributed by atoms with Gasteiger partial charge in [-0.1, -0.05) is 29.8 Å². The van der Waals surface area contributed by atoms with Crippen molar-refractivity contribution in [2.45, 2.75) is 13.0 Å². The predicted octanol–water partition coefficient (Wildman–Crippen LogP) is 3.21. The van der Waals surface area contributed by atoms with Crippen molar-refractivity contribution in [2.24, 2.45) is 0 Å². The number of carbonyl (C=O) groups excluding carboxylic acids is 1. The Morgan fingerprint density at radius 1 is 1.17 bits per heavy atom. The first kappa shape index (κ1) is 15.2. The molecule has 1 fully saturated rings. The van der Waals surface area contributed by atoms with Crippen LogP contribution >= 0.6 is 11.7 Å². The summed E-state index contributed by atoms with van der Waals surface area (Å²) in [6, 6.07) is 13.8. The Morgan fingerprint density at radius 3 is 2.79 bits per heavy atom. The minimum Gasteiger partial charge on any atom is -0.370 e. The van der Waals surface area contributed by atoms with Gasteiger partial charge in [-0.25, -0.2) is 0 Å². The monoisotopic (exact) mass is 339 g/mol. The van der Waals surface area contributed by atoms with E-state index in [1.54, 1.807) is 0 Å². The molecule has 0 aliphatic carbocycles. The second-order valence-corrected chi connectivity index (χ2v) is 6.52. The van der Waals surface area contributed by atoms with Crippen LogP contribution in [-0.2, 0) is 4.74 Å². The minimum atomic E-state index is -0.0760. The lowest BCUT2D eigenvalue weighted by Gasteiger charge is -2.33. The van der Waals surface area contributed by atoms with Crippen molar-refractivity contribution in [1.29, 1.82) is 0 Å². The van der Waals surface area contributed by atoms with Crippen molar-refractivity contribution in [3.63, 3.8) is 0 Å². The molecule has 1 aliphatic rings. The molecule has 5 nitrogen and oxygen atoms in total. The lowest BCUT2D eigenvalue weighted by atomic mass is 10.1. The maximum atomic E-state index is 12.8. The molecule has 1 aliphatic heterocycles. The lowest BCUT2D eigenvalue weighted by molar-refractivity contribution is -0.0228. The van der Waals surface area contributed by atoms with Crippen molar-refractivity contribution < 1.29 is 9.53 Å². The molecule has 24 heavy (non-hydrogen) atoms. The molecule has 0 N–H and O–H groups in total. The van der Waals surface area contributed by atoms with Crippen LogP contribution in [0.3, 0.4) is 0 Å². The number of morpholine rings is 1. The first-order valence-corrected chi connectivity index (χ1v) is 8.63. The molecular weight excluding hydrogens is 322 g/mol. The quantitative estimate of drug-likeness (QED) is 0.719. The van der Waals surface area contributed by atoms with E-state index >= 15 is 0 Å². The smallest absolute Gasteiger partial charge is 0.254 e. The summed E-state index contributed by atoms with van der Waals surface area (Å²) in [5.74, 6) is 0.0188. The molecule has 6 heteroatoms.